The average molecular weight is 312 g/mol. The average Bonchev–Trinajstić information content (AvgIpc) is 2.33. The number of aryl methyl sites for hydroxylation is 2. The molecule has 0 aromatic heterocycles. The zero-order valence-corrected chi connectivity index (χ0v) is 13.0. The normalized spacial score (nSPS) is 12.2. The minimum Gasteiger partial charge on any atom is -0.346 e. The maximum Gasteiger partial charge on any atom is 0.222 e. The van der Waals surface area contributed by atoms with E-state index in [0.29, 0.717) is 11.2 Å². The molecule has 0 spiro atoms. The third kappa shape index (κ3) is 5.67. The van der Waals surface area contributed by atoms with Crippen molar-refractivity contribution in [2.24, 2.45) is 0 Å². The fourth-order valence-electron chi connectivity index (χ4n) is 1.81. The summed E-state index contributed by atoms with van der Waals surface area (Å²) in [5.41, 5.74) is 2.49. The predicted octanol–water partition coefficient (Wildman–Crippen LogP) is 3.56. The van der Waals surface area contributed by atoms with Crippen LogP contribution in [0.1, 0.15) is 30.9 Å². The Morgan fingerprint density at radius 2 is 2.17 bits per heavy atom. The molecule has 0 heterocycles. The Bertz CT molecular complexity index is 390. The second-order valence-corrected chi connectivity index (χ2v) is 6.44. The van der Waals surface area contributed by atoms with E-state index in [2.05, 4.69) is 48.0 Å². The zero-order chi connectivity index (χ0) is 13.5. The van der Waals surface area contributed by atoms with Gasteiger partial charge in [0.2, 0.25) is 5.91 Å². The lowest BCUT2D eigenvalue weighted by molar-refractivity contribution is -0.129. The van der Waals surface area contributed by atoms with Crippen LogP contribution >= 0.6 is 15.9 Å². The number of rotatable bonds is 6. The molecule has 0 fully saturated rings. The Balaban J connectivity index is 2.36. The van der Waals surface area contributed by atoms with Gasteiger partial charge in [0.15, 0.2) is 0 Å². The van der Waals surface area contributed by atoms with Crippen molar-refractivity contribution in [2.45, 2.75) is 37.9 Å². The van der Waals surface area contributed by atoms with Gasteiger partial charge in [-0.3, -0.25) is 4.79 Å². The van der Waals surface area contributed by atoms with Crippen LogP contribution in [-0.2, 0) is 11.2 Å². The molecule has 1 amide bonds. The lowest BCUT2D eigenvalue weighted by Gasteiger charge is -2.17. The van der Waals surface area contributed by atoms with E-state index in [1.807, 2.05) is 18.0 Å². The Hall–Kier alpha value is -0.830. The second kappa shape index (κ2) is 7.57. The van der Waals surface area contributed by atoms with Crippen molar-refractivity contribution in [3.8, 4) is 0 Å². The maximum atomic E-state index is 11.9. The second-order valence-electron chi connectivity index (χ2n) is 4.87. The van der Waals surface area contributed by atoms with E-state index in [1.165, 1.54) is 11.1 Å². The molecule has 1 aromatic carbocycles. The predicted molar refractivity (Wildman–Crippen MR) is 80.1 cm³/mol. The summed E-state index contributed by atoms with van der Waals surface area (Å²) in [6, 6.07) is 8.36. The SMILES string of the molecule is Cc1cccc(CCC(=O)N(C)CCC(C)Br)c1. The van der Waals surface area contributed by atoms with Gasteiger partial charge >= 0.3 is 0 Å². The van der Waals surface area contributed by atoms with Crippen molar-refractivity contribution in [2.75, 3.05) is 13.6 Å². The third-order valence-electron chi connectivity index (χ3n) is 3.00. The first-order chi connectivity index (χ1) is 8.49. The molecule has 1 atom stereocenters. The van der Waals surface area contributed by atoms with Gasteiger partial charge < -0.3 is 4.90 Å². The summed E-state index contributed by atoms with van der Waals surface area (Å²) in [5.74, 6) is 0.227. The van der Waals surface area contributed by atoms with Crippen molar-refractivity contribution in [3.63, 3.8) is 0 Å². The summed E-state index contributed by atoms with van der Waals surface area (Å²) in [7, 11) is 1.88. The van der Waals surface area contributed by atoms with Crippen LogP contribution in [-0.4, -0.2) is 29.2 Å². The maximum absolute atomic E-state index is 11.9. The number of carbonyl (C=O) groups is 1. The van der Waals surface area contributed by atoms with Gasteiger partial charge in [-0.05, 0) is 25.3 Å². The summed E-state index contributed by atoms with van der Waals surface area (Å²) in [6.07, 6.45) is 2.41. The highest BCUT2D eigenvalue weighted by Crippen LogP contribution is 2.09. The van der Waals surface area contributed by atoms with Gasteiger partial charge in [0.05, 0.1) is 0 Å². The lowest BCUT2D eigenvalue weighted by atomic mass is 10.1. The molecule has 18 heavy (non-hydrogen) atoms. The minimum atomic E-state index is 0.227. The zero-order valence-electron chi connectivity index (χ0n) is 11.4. The first-order valence-corrected chi connectivity index (χ1v) is 7.34. The number of hydrogen-bond donors (Lipinski definition) is 0. The van der Waals surface area contributed by atoms with Crippen LogP contribution in [0.25, 0.3) is 0 Å². The van der Waals surface area contributed by atoms with Crippen LogP contribution in [0.2, 0.25) is 0 Å². The molecular weight excluding hydrogens is 290 g/mol. The Morgan fingerprint density at radius 1 is 1.44 bits per heavy atom. The molecule has 2 nitrogen and oxygen atoms in total. The molecule has 0 radical (unpaired) electrons. The first kappa shape index (κ1) is 15.2. The van der Waals surface area contributed by atoms with E-state index in [0.717, 1.165) is 19.4 Å². The van der Waals surface area contributed by atoms with Crippen molar-refractivity contribution < 1.29 is 4.79 Å². The molecule has 0 bridgehead atoms. The van der Waals surface area contributed by atoms with E-state index in [1.54, 1.807) is 0 Å². The van der Waals surface area contributed by atoms with E-state index in [9.17, 15) is 4.79 Å². The molecule has 1 rings (SSSR count). The van der Waals surface area contributed by atoms with Crippen LogP contribution < -0.4 is 0 Å². The monoisotopic (exact) mass is 311 g/mol. The number of benzene rings is 1. The largest absolute Gasteiger partial charge is 0.346 e. The van der Waals surface area contributed by atoms with Crippen LogP contribution in [0.3, 0.4) is 0 Å². The van der Waals surface area contributed by atoms with Gasteiger partial charge in [0.25, 0.3) is 0 Å². The van der Waals surface area contributed by atoms with Crippen LogP contribution in [0, 0.1) is 6.92 Å². The molecule has 0 saturated heterocycles. The van der Waals surface area contributed by atoms with Crippen molar-refractivity contribution in [1.29, 1.82) is 0 Å². The summed E-state index contributed by atoms with van der Waals surface area (Å²) in [4.78, 5) is 14.2. The highest BCUT2D eigenvalue weighted by Gasteiger charge is 2.09. The number of alkyl halides is 1. The summed E-state index contributed by atoms with van der Waals surface area (Å²) in [6.45, 7) is 5.00. The molecule has 0 aliphatic carbocycles. The third-order valence-corrected chi connectivity index (χ3v) is 3.46. The standard InChI is InChI=1S/C15H22BrNO/c1-12-5-4-6-14(11-12)7-8-15(18)17(3)10-9-13(2)16/h4-6,11,13H,7-10H2,1-3H3. The summed E-state index contributed by atoms with van der Waals surface area (Å²) < 4.78 is 0. The number of halogens is 1. The number of nitrogens with zero attached hydrogens (tertiary/aromatic N) is 1. The lowest BCUT2D eigenvalue weighted by Crippen LogP contribution is -2.28. The van der Waals surface area contributed by atoms with E-state index >= 15 is 0 Å². The molecule has 1 aromatic rings. The van der Waals surface area contributed by atoms with Crippen LogP contribution in [0.4, 0.5) is 0 Å². The number of amides is 1. The van der Waals surface area contributed by atoms with E-state index in [4.69, 9.17) is 0 Å². The van der Waals surface area contributed by atoms with Crippen molar-refractivity contribution >= 4 is 21.8 Å². The van der Waals surface area contributed by atoms with Crippen LogP contribution in [0.5, 0.6) is 0 Å². The quantitative estimate of drug-likeness (QED) is 0.736. The summed E-state index contributed by atoms with van der Waals surface area (Å²) >= 11 is 3.50. The molecule has 0 aliphatic heterocycles. The molecule has 0 saturated carbocycles. The Kier molecular flexibility index (Phi) is 6.41. The van der Waals surface area contributed by atoms with Gasteiger partial charge in [-0.15, -0.1) is 0 Å². The smallest absolute Gasteiger partial charge is 0.222 e. The molecule has 3 heteroatoms. The molecule has 0 aliphatic rings. The molecule has 1 unspecified atom stereocenters. The van der Waals surface area contributed by atoms with E-state index in [-0.39, 0.29) is 5.91 Å². The molecule has 0 N–H and O–H groups in total. The molecule has 100 valence electrons. The Labute approximate surface area is 119 Å². The summed E-state index contributed by atoms with van der Waals surface area (Å²) in [5, 5.41) is 0. The molecular formula is C15H22BrNO. The van der Waals surface area contributed by atoms with Gasteiger partial charge in [-0.2, -0.15) is 0 Å². The number of carbonyl (C=O) groups excluding carboxylic acids is 1. The van der Waals surface area contributed by atoms with Gasteiger partial charge in [-0.1, -0.05) is 52.7 Å². The highest BCUT2D eigenvalue weighted by atomic mass is 79.9. The van der Waals surface area contributed by atoms with Crippen molar-refractivity contribution in [1.82, 2.24) is 4.90 Å². The fourth-order valence-corrected chi connectivity index (χ4v) is 2.01. The first-order valence-electron chi connectivity index (χ1n) is 6.42. The van der Waals surface area contributed by atoms with E-state index < -0.39 is 0 Å². The van der Waals surface area contributed by atoms with Gasteiger partial charge in [-0.25, -0.2) is 0 Å². The van der Waals surface area contributed by atoms with Crippen LogP contribution in [0.15, 0.2) is 24.3 Å². The van der Waals surface area contributed by atoms with Gasteiger partial charge in [0, 0.05) is 24.8 Å². The van der Waals surface area contributed by atoms with Crippen molar-refractivity contribution in [3.05, 3.63) is 35.4 Å². The topological polar surface area (TPSA) is 20.3 Å². The van der Waals surface area contributed by atoms with Gasteiger partial charge in [0.1, 0.15) is 0 Å². The minimum absolute atomic E-state index is 0.227. The highest BCUT2D eigenvalue weighted by molar-refractivity contribution is 9.09. The fraction of sp³-hybridized carbons (Fsp3) is 0.533. The number of hydrogen-bond acceptors (Lipinski definition) is 1. The Morgan fingerprint density at radius 3 is 2.78 bits per heavy atom.